The lowest BCUT2D eigenvalue weighted by Gasteiger charge is -2.28. The molecule has 0 amide bonds. The minimum Gasteiger partial charge on any atom is -0.382 e. The maximum atomic E-state index is 13.6. The van der Waals surface area contributed by atoms with Crippen molar-refractivity contribution in [1.29, 1.82) is 0 Å². The van der Waals surface area contributed by atoms with Crippen LogP contribution in [0.3, 0.4) is 0 Å². The highest BCUT2D eigenvalue weighted by Crippen LogP contribution is 2.60. The molecule has 2 bridgehead atoms. The lowest BCUT2D eigenvalue weighted by Crippen LogP contribution is -2.29. The second-order valence-corrected chi connectivity index (χ2v) is 15.8. The smallest absolute Gasteiger partial charge is 0.382 e. The number of imidazole rings is 2. The standard InChI is InChI=1S/C21H25N9O8P2S2/c1-28-7-27-20-17(21(28)31)26-8-29(20)11-2-10-3-12(11)37-39(32,41)34-5-14-13(38-40(33,42)36-10)4-15(35-14)30-9-25-16-18(22)23-6-24-19(16)30/h6-15H,2-5H2,1H3,(H,32,41)(H,33,42)(H2,22,23,24)/t10-,11+,12+,13-,14+,15+,39?,40?/m0/s1. The first kappa shape index (κ1) is 28.5. The van der Waals surface area contributed by atoms with E-state index in [1.165, 1.54) is 29.9 Å². The summed E-state index contributed by atoms with van der Waals surface area (Å²) in [6.45, 7) is -8.02. The molecule has 3 fully saturated rings. The zero-order chi connectivity index (χ0) is 29.4. The molecule has 7 rings (SSSR count). The SMILES string of the molecule is Cn1cnc2c(ncn2[C@@H]2C[C@H]3C[C@H]2OP(O)(=S)OC[C@H]2O[C@@H](n4cnc5c(N)ncnc54)C[C@@H]2OP(=O)(S)O3)c1=O. The molecular weight excluding hydrogens is 632 g/mol. The summed E-state index contributed by atoms with van der Waals surface area (Å²) < 4.78 is 47.9. The van der Waals surface area contributed by atoms with Crippen LogP contribution in [0.15, 0.2) is 30.1 Å². The molecule has 21 heteroatoms. The van der Waals surface area contributed by atoms with Gasteiger partial charge < -0.3 is 33.5 Å². The Hall–Kier alpha value is -2.31. The Bertz CT molecular complexity index is 1850. The van der Waals surface area contributed by atoms with Crippen LogP contribution < -0.4 is 11.3 Å². The normalized spacial score (nSPS) is 35.7. The summed E-state index contributed by atoms with van der Waals surface area (Å²) in [5.41, 5.74) is 6.94. The molecule has 3 aliphatic rings. The zero-order valence-electron chi connectivity index (χ0n) is 21.8. The molecule has 1 saturated carbocycles. The van der Waals surface area contributed by atoms with Crippen LogP contribution in [0.1, 0.15) is 31.5 Å². The quantitative estimate of drug-likeness (QED) is 0.207. The second-order valence-electron chi connectivity index (χ2n) is 10.2. The minimum absolute atomic E-state index is 0.170. The van der Waals surface area contributed by atoms with Gasteiger partial charge in [-0.25, -0.2) is 29.5 Å². The van der Waals surface area contributed by atoms with Gasteiger partial charge >= 0.3 is 13.5 Å². The van der Waals surface area contributed by atoms with Crippen molar-refractivity contribution in [1.82, 2.24) is 38.6 Å². The van der Waals surface area contributed by atoms with Crippen LogP contribution in [0, 0.1) is 0 Å². The van der Waals surface area contributed by atoms with Crippen molar-refractivity contribution in [2.24, 2.45) is 7.05 Å². The van der Waals surface area contributed by atoms with Crippen LogP contribution in [0.5, 0.6) is 0 Å². The summed E-state index contributed by atoms with van der Waals surface area (Å²) in [5, 5.41) is 0. The van der Waals surface area contributed by atoms with E-state index in [4.69, 9.17) is 40.4 Å². The highest BCUT2D eigenvalue weighted by Gasteiger charge is 2.47. The van der Waals surface area contributed by atoms with E-state index in [2.05, 4.69) is 37.2 Å². The third-order valence-corrected chi connectivity index (χ3v) is 10.8. The average Bonchev–Trinajstić information content (AvgIpc) is 3.69. The van der Waals surface area contributed by atoms with Gasteiger partial charge in [0, 0.05) is 19.9 Å². The molecule has 0 radical (unpaired) electrons. The lowest BCUT2D eigenvalue weighted by atomic mass is 10.2. The molecule has 0 aromatic carbocycles. The first-order valence-corrected chi connectivity index (χ1v) is 18.1. The topological polar surface area (TPSA) is 206 Å². The first-order valence-electron chi connectivity index (χ1n) is 12.8. The van der Waals surface area contributed by atoms with Gasteiger partial charge in [0.15, 0.2) is 22.6 Å². The molecule has 8 atom stereocenters. The summed E-state index contributed by atoms with van der Waals surface area (Å²) in [6, 6.07) is -0.532. The van der Waals surface area contributed by atoms with Gasteiger partial charge in [0.1, 0.15) is 30.3 Å². The third-order valence-electron chi connectivity index (χ3n) is 7.53. The fourth-order valence-corrected chi connectivity index (χ4v) is 9.03. The van der Waals surface area contributed by atoms with E-state index in [0.29, 0.717) is 16.8 Å². The fraction of sp³-hybridized carbons (Fsp3) is 0.524. The number of aryl methyl sites for hydroxylation is 1. The molecule has 4 aromatic rings. The number of thiol groups is 1. The van der Waals surface area contributed by atoms with Crippen molar-refractivity contribution >= 4 is 65.7 Å². The van der Waals surface area contributed by atoms with E-state index in [1.807, 2.05) is 0 Å². The molecular formula is C21H25N9O8P2S2. The van der Waals surface area contributed by atoms with Gasteiger partial charge in [-0.1, -0.05) is 12.2 Å². The van der Waals surface area contributed by atoms with Crippen molar-refractivity contribution in [3.05, 3.63) is 35.7 Å². The van der Waals surface area contributed by atoms with Crippen LogP contribution in [0.2, 0.25) is 0 Å². The van der Waals surface area contributed by atoms with Gasteiger partial charge in [0.05, 0.1) is 43.8 Å². The Morgan fingerprint density at radius 3 is 2.57 bits per heavy atom. The molecule has 17 nitrogen and oxygen atoms in total. The molecule has 2 aliphatic heterocycles. The Kier molecular flexibility index (Phi) is 7.05. The van der Waals surface area contributed by atoms with Crippen LogP contribution in [0.25, 0.3) is 22.3 Å². The van der Waals surface area contributed by atoms with E-state index in [9.17, 15) is 14.3 Å². The number of nitrogen functional groups attached to an aromatic ring is 1. The van der Waals surface area contributed by atoms with E-state index in [1.54, 1.807) is 16.2 Å². The number of aromatic nitrogens is 8. The van der Waals surface area contributed by atoms with E-state index in [-0.39, 0.29) is 42.8 Å². The zero-order valence-corrected chi connectivity index (χ0v) is 25.3. The van der Waals surface area contributed by atoms with Crippen LogP contribution >= 0.6 is 25.8 Å². The monoisotopic (exact) mass is 657 g/mol. The van der Waals surface area contributed by atoms with Crippen LogP contribution in [0.4, 0.5) is 5.82 Å². The number of nitrogens with two attached hydrogens (primary N) is 1. The molecule has 3 N–H and O–H groups in total. The predicted octanol–water partition coefficient (Wildman–Crippen LogP) is 1.61. The molecule has 224 valence electrons. The summed E-state index contributed by atoms with van der Waals surface area (Å²) in [4.78, 5) is 44.7. The highest BCUT2D eigenvalue weighted by atomic mass is 32.7. The molecule has 1 aliphatic carbocycles. The van der Waals surface area contributed by atoms with Gasteiger partial charge in [0.25, 0.3) is 5.56 Å². The molecule has 2 unspecified atom stereocenters. The number of fused-ring (bicyclic) bond motifs is 5. The molecule has 6 heterocycles. The van der Waals surface area contributed by atoms with Crippen molar-refractivity contribution < 1.29 is 32.3 Å². The van der Waals surface area contributed by atoms with Crippen molar-refractivity contribution in [2.75, 3.05) is 12.3 Å². The summed E-state index contributed by atoms with van der Waals surface area (Å²) in [5.74, 6) is 0.213. The average molecular weight is 658 g/mol. The van der Waals surface area contributed by atoms with E-state index >= 15 is 0 Å². The number of hydrogen-bond acceptors (Lipinski definition) is 14. The first-order chi connectivity index (χ1) is 20.0. The van der Waals surface area contributed by atoms with Gasteiger partial charge in [-0.05, 0) is 18.2 Å². The van der Waals surface area contributed by atoms with E-state index < -0.39 is 50.2 Å². The van der Waals surface area contributed by atoms with Crippen molar-refractivity contribution in [3.63, 3.8) is 0 Å². The minimum atomic E-state index is -3.95. The third kappa shape index (κ3) is 5.11. The Balaban J connectivity index is 1.17. The number of ether oxygens (including phenoxy) is 1. The second kappa shape index (κ2) is 10.4. The Labute approximate surface area is 247 Å². The van der Waals surface area contributed by atoms with Crippen molar-refractivity contribution in [2.45, 2.75) is 55.9 Å². The molecule has 42 heavy (non-hydrogen) atoms. The predicted molar refractivity (Wildman–Crippen MR) is 153 cm³/mol. The largest absolute Gasteiger partial charge is 0.386 e. The van der Waals surface area contributed by atoms with E-state index in [0.717, 1.165) is 0 Å². The number of hydrogen-bond donors (Lipinski definition) is 3. The van der Waals surface area contributed by atoms with Gasteiger partial charge in [0.2, 0.25) is 0 Å². The maximum absolute atomic E-state index is 13.6. The Morgan fingerprint density at radius 1 is 0.976 bits per heavy atom. The Morgan fingerprint density at radius 2 is 1.74 bits per heavy atom. The fourth-order valence-electron chi connectivity index (χ4n) is 5.63. The molecule has 2 saturated heterocycles. The van der Waals surface area contributed by atoms with Crippen molar-refractivity contribution in [3.8, 4) is 0 Å². The summed E-state index contributed by atoms with van der Waals surface area (Å²) in [6.07, 6.45) is 2.58. The van der Waals surface area contributed by atoms with Crippen LogP contribution in [-0.2, 0) is 46.3 Å². The number of rotatable bonds is 2. The molecule has 0 spiro atoms. The van der Waals surface area contributed by atoms with Crippen LogP contribution in [-0.4, -0.2) is 74.5 Å². The summed E-state index contributed by atoms with van der Waals surface area (Å²) >= 11 is 9.64. The maximum Gasteiger partial charge on any atom is 0.386 e. The molecule has 4 aromatic heterocycles. The lowest BCUT2D eigenvalue weighted by molar-refractivity contribution is -0.0413. The van der Waals surface area contributed by atoms with Gasteiger partial charge in [-0.15, -0.1) is 0 Å². The number of nitrogens with zero attached hydrogens (tertiary/aromatic N) is 8. The number of anilines is 1. The van der Waals surface area contributed by atoms with Gasteiger partial charge in [-0.2, -0.15) is 0 Å². The summed E-state index contributed by atoms with van der Waals surface area (Å²) in [7, 11) is 1.58. The highest BCUT2D eigenvalue weighted by molar-refractivity contribution is 8.44. The van der Waals surface area contributed by atoms with Gasteiger partial charge in [-0.3, -0.25) is 18.4 Å².